The molecule has 1 spiro atoms. The van der Waals surface area contributed by atoms with Gasteiger partial charge in [-0.05, 0) is 45.7 Å². The molecule has 178 valence electrons. The van der Waals surface area contributed by atoms with Crippen molar-refractivity contribution < 1.29 is 9.84 Å². The topological polar surface area (TPSA) is 102 Å². The largest absolute Gasteiger partial charge is 0.390 e. The summed E-state index contributed by atoms with van der Waals surface area (Å²) in [5, 5.41) is 10.1. The zero-order valence-corrected chi connectivity index (χ0v) is 19.3. The number of hydrogen-bond donors (Lipinski definition) is 2. The third-order valence-corrected chi connectivity index (χ3v) is 7.55. The molecule has 3 N–H and O–H groups in total. The van der Waals surface area contributed by atoms with E-state index in [4.69, 9.17) is 20.4 Å². The molecule has 2 aliphatic rings. The van der Waals surface area contributed by atoms with E-state index in [0.717, 1.165) is 72.2 Å². The summed E-state index contributed by atoms with van der Waals surface area (Å²) in [6.07, 6.45) is 2.03. The van der Waals surface area contributed by atoms with Crippen LogP contribution in [0.3, 0.4) is 0 Å². The van der Waals surface area contributed by atoms with E-state index >= 15 is 0 Å². The molecular weight excluding hydrogens is 416 g/mol. The lowest BCUT2D eigenvalue weighted by atomic mass is 9.73. The molecular formula is C25H36N6O2. The fourth-order valence-electron chi connectivity index (χ4n) is 5.27. The van der Waals surface area contributed by atoms with Crippen molar-refractivity contribution in [2.24, 2.45) is 18.2 Å². The summed E-state index contributed by atoms with van der Waals surface area (Å²) in [5.41, 5.74) is 11.8. The summed E-state index contributed by atoms with van der Waals surface area (Å²) in [6.45, 7) is 8.30. The van der Waals surface area contributed by atoms with Gasteiger partial charge in [0, 0.05) is 37.2 Å². The van der Waals surface area contributed by atoms with E-state index < -0.39 is 0 Å². The third-order valence-electron chi connectivity index (χ3n) is 7.55. The zero-order chi connectivity index (χ0) is 22.6. The van der Waals surface area contributed by atoms with Crippen LogP contribution >= 0.6 is 0 Å². The van der Waals surface area contributed by atoms with Gasteiger partial charge in [-0.15, -0.1) is 0 Å². The minimum Gasteiger partial charge on any atom is -0.390 e. The molecule has 5 rings (SSSR count). The Kier molecular flexibility index (Phi) is 6.20. The van der Waals surface area contributed by atoms with Gasteiger partial charge in [0.25, 0.3) is 0 Å². The molecule has 2 atom stereocenters. The van der Waals surface area contributed by atoms with Crippen LogP contribution < -0.4 is 10.6 Å². The maximum Gasteiger partial charge on any atom is 0.153 e. The van der Waals surface area contributed by atoms with E-state index in [1.807, 2.05) is 33.0 Å². The van der Waals surface area contributed by atoms with Gasteiger partial charge in [0.15, 0.2) is 5.82 Å². The highest BCUT2D eigenvalue weighted by Crippen LogP contribution is 2.42. The number of hydrogen-bond acceptors (Lipinski definition) is 7. The number of benzene rings is 1. The first-order chi connectivity index (χ1) is 15.3. The van der Waals surface area contributed by atoms with E-state index in [2.05, 4.69) is 27.4 Å². The van der Waals surface area contributed by atoms with Crippen molar-refractivity contribution in [2.75, 3.05) is 24.6 Å². The van der Waals surface area contributed by atoms with E-state index in [-0.39, 0.29) is 31.6 Å². The van der Waals surface area contributed by atoms with Crippen LogP contribution in [0.2, 0.25) is 0 Å². The first kappa shape index (κ1) is 23.6. The van der Waals surface area contributed by atoms with Gasteiger partial charge in [-0.1, -0.05) is 13.5 Å². The summed E-state index contributed by atoms with van der Waals surface area (Å²) >= 11 is 0. The van der Waals surface area contributed by atoms with Crippen molar-refractivity contribution in [1.82, 2.24) is 19.5 Å². The quantitative estimate of drug-likeness (QED) is 0.629. The van der Waals surface area contributed by atoms with Gasteiger partial charge in [-0.3, -0.25) is 0 Å². The molecule has 0 saturated carbocycles. The van der Waals surface area contributed by atoms with Crippen LogP contribution in [0.4, 0.5) is 5.82 Å². The molecule has 2 aromatic heterocycles. The lowest BCUT2D eigenvalue weighted by molar-refractivity contribution is 0.0973. The highest BCUT2D eigenvalue weighted by atomic mass is 16.5. The number of piperidine rings is 1. The molecule has 3 aromatic rings. The van der Waals surface area contributed by atoms with Gasteiger partial charge in [0.2, 0.25) is 0 Å². The number of aryl methyl sites for hydroxylation is 3. The number of fused-ring (bicyclic) bond motifs is 1. The Balaban J connectivity index is 0.00000259. The smallest absolute Gasteiger partial charge is 0.153 e. The number of anilines is 1. The fraction of sp³-hybridized carbons (Fsp3) is 0.560. The van der Waals surface area contributed by atoms with Crippen LogP contribution in [0.1, 0.15) is 44.4 Å². The number of nitrogens with two attached hydrogens (primary N) is 1. The summed E-state index contributed by atoms with van der Waals surface area (Å²) in [4.78, 5) is 16.6. The Hall–Kier alpha value is -2.55. The summed E-state index contributed by atoms with van der Waals surface area (Å²) in [6, 6.07) is 6.21. The molecule has 0 amide bonds. The van der Waals surface area contributed by atoms with Crippen LogP contribution in [-0.2, 0) is 18.4 Å². The van der Waals surface area contributed by atoms with Gasteiger partial charge >= 0.3 is 0 Å². The Morgan fingerprint density at radius 3 is 2.55 bits per heavy atom. The maximum atomic E-state index is 10.1. The van der Waals surface area contributed by atoms with Crippen molar-refractivity contribution >= 4 is 16.9 Å². The van der Waals surface area contributed by atoms with Crippen LogP contribution in [0.15, 0.2) is 18.2 Å². The van der Waals surface area contributed by atoms with Crippen molar-refractivity contribution in [3.63, 3.8) is 0 Å². The summed E-state index contributed by atoms with van der Waals surface area (Å²) in [5.74, 6) is 1.75. The third kappa shape index (κ3) is 3.80. The highest BCUT2D eigenvalue weighted by molar-refractivity contribution is 5.82. The normalized spacial score (nSPS) is 22.2. The Morgan fingerprint density at radius 1 is 1.18 bits per heavy atom. The fourth-order valence-corrected chi connectivity index (χ4v) is 5.27. The summed E-state index contributed by atoms with van der Waals surface area (Å²) in [7, 11) is 2.01. The molecule has 0 aliphatic carbocycles. The average Bonchev–Trinajstić information content (AvgIpc) is 3.24. The molecule has 2 saturated heterocycles. The minimum atomic E-state index is -0.149. The Bertz CT molecular complexity index is 1170. The molecule has 0 radical (unpaired) electrons. The van der Waals surface area contributed by atoms with E-state index in [1.54, 1.807) is 0 Å². The number of aliphatic hydroxyl groups is 1. The second kappa shape index (κ2) is 8.66. The first-order valence-corrected chi connectivity index (χ1v) is 11.4. The molecule has 4 heterocycles. The van der Waals surface area contributed by atoms with E-state index in [9.17, 15) is 5.11 Å². The van der Waals surface area contributed by atoms with Crippen LogP contribution in [-0.4, -0.2) is 56.5 Å². The average molecular weight is 453 g/mol. The molecule has 2 fully saturated rings. The number of aromatic nitrogens is 4. The number of aliphatic hydroxyl groups excluding tert-OH is 1. The standard InChI is InChI=1S/C24H32N6O2.CH4/c1-14-21(17-5-6-18-20(11-17)29(4)16(3)27-18)28-19(12-31)23(26-14)30-9-7-24(8-10-30)13-32-15(2)22(24)25;/h5-6,11,15,22,31H,7-10,12-13,25H2,1-4H3;1H4/t15-,22+;/m0./s1. The Morgan fingerprint density at radius 2 is 1.91 bits per heavy atom. The summed E-state index contributed by atoms with van der Waals surface area (Å²) < 4.78 is 7.93. The van der Waals surface area contributed by atoms with Crippen LogP contribution in [0, 0.1) is 19.3 Å². The lowest BCUT2D eigenvalue weighted by Crippen LogP contribution is -2.51. The zero-order valence-electron chi connectivity index (χ0n) is 19.3. The number of imidazole rings is 1. The minimum absolute atomic E-state index is 0. The predicted octanol–water partition coefficient (Wildman–Crippen LogP) is 3.11. The molecule has 0 bridgehead atoms. The van der Waals surface area contributed by atoms with Crippen LogP contribution in [0.5, 0.6) is 0 Å². The van der Waals surface area contributed by atoms with Crippen LogP contribution in [0.25, 0.3) is 22.3 Å². The van der Waals surface area contributed by atoms with Gasteiger partial charge in [-0.2, -0.15) is 0 Å². The molecule has 0 unspecified atom stereocenters. The van der Waals surface area contributed by atoms with E-state index in [1.165, 1.54) is 0 Å². The van der Waals surface area contributed by atoms with Gasteiger partial charge in [0.1, 0.15) is 11.5 Å². The highest BCUT2D eigenvalue weighted by Gasteiger charge is 2.47. The second-order valence-electron chi connectivity index (χ2n) is 9.40. The lowest BCUT2D eigenvalue weighted by Gasteiger charge is -2.42. The van der Waals surface area contributed by atoms with E-state index in [0.29, 0.717) is 5.69 Å². The van der Waals surface area contributed by atoms with Crippen molar-refractivity contribution in [2.45, 2.75) is 59.8 Å². The predicted molar refractivity (Wildman–Crippen MR) is 131 cm³/mol. The van der Waals surface area contributed by atoms with Crippen molar-refractivity contribution in [3.05, 3.63) is 35.4 Å². The molecule has 2 aliphatic heterocycles. The molecule has 33 heavy (non-hydrogen) atoms. The maximum absolute atomic E-state index is 10.1. The number of ether oxygens (including phenoxy) is 1. The van der Waals surface area contributed by atoms with Gasteiger partial charge in [0.05, 0.1) is 41.7 Å². The number of nitrogens with zero attached hydrogens (tertiary/aromatic N) is 5. The van der Waals surface area contributed by atoms with Gasteiger partial charge < -0.3 is 25.0 Å². The second-order valence-corrected chi connectivity index (χ2v) is 9.40. The van der Waals surface area contributed by atoms with Crippen molar-refractivity contribution in [1.29, 1.82) is 0 Å². The molecule has 8 nitrogen and oxygen atoms in total. The Labute approximate surface area is 195 Å². The molecule has 8 heteroatoms. The van der Waals surface area contributed by atoms with Crippen molar-refractivity contribution in [3.8, 4) is 11.3 Å². The first-order valence-electron chi connectivity index (χ1n) is 11.4. The monoisotopic (exact) mass is 452 g/mol. The number of rotatable bonds is 3. The molecule has 1 aromatic carbocycles. The van der Waals surface area contributed by atoms with Gasteiger partial charge in [-0.25, -0.2) is 15.0 Å². The SMILES string of the molecule is C.Cc1nc(N2CCC3(CC2)CO[C@@H](C)[C@H]3N)c(CO)nc1-c1ccc2nc(C)n(C)c2c1.